The number of hydrogen-bond donors (Lipinski definition) is 1. The highest BCUT2D eigenvalue weighted by Gasteiger charge is 2.13. The third kappa shape index (κ3) is 3.73. The zero-order valence-corrected chi connectivity index (χ0v) is 14.4. The first-order valence-corrected chi connectivity index (χ1v) is 8.19. The van der Waals surface area contributed by atoms with Crippen LogP contribution in [0.4, 0.5) is 10.8 Å². The minimum Gasteiger partial charge on any atom is -0.377 e. The van der Waals surface area contributed by atoms with Crippen molar-refractivity contribution in [1.29, 1.82) is 0 Å². The van der Waals surface area contributed by atoms with Crippen LogP contribution in [0.5, 0.6) is 0 Å². The van der Waals surface area contributed by atoms with Crippen LogP contribution in [-0.2, 0) is 22.7 Å². The van der Waals surface area contributed by atoms with Crippen LogP contribution in [0, 0.1) is 10.1 Å². The van der Waals surface area contributed by atoms with E-state index in [0.29, 0.717) is 21.0 Å². The van der Waals surface area contributed by atoms with Crippen molar-refractivity contribution in [3.8, 4) is 0 Å². The van der Waals surface area contributed by atoms with E-state index in [1.807, 2.05) is 0 Å². The Bertz CT molecular complexity index is 1040. The third-order valence-corrected chi connectivity index (χ3v) is 4.28. The number of carbonyl (C=O) groups excluding carboxylic acids is 1. The minimum absolute atomic E-state index is 0.0910. The average Bonchev–Trinajstić information content (AvgIpc) is 3.04. The zero-order chi connectivity index (χ0) is 18.7. The lowest BCUT2D eigenvalue weighted by Crippen LogP contribution is -2.27. The summed E-state index contributed by atoms with van der Waals surface area (Å²) < 4.78 is 6.18. The summed E-state index contributed by atoms with van der Waals surface area (Å²) in [7, 11) is 1.52. The van der Waals surface area contributed by atoms with Crippen LogP contribution in [0.15, 0.2) is 35.1 Å². The Hall–Kier alpha value is -3.18. The molecule has 0 unspecified atom stereocenters. The van der Waals surface area contributed by atoms with Crippen molar-refractivity contribution in [3.63, 3.8) is 0 Å². The number of ether oxygens (including phenoxy) is 1. The fraction of sp³-hybridized carbons (Fsp3) is 0.200. The van der Waals surface area contributed by atoms with E-state index in [-0.39, 0.29) is 24.4 Å². The fourth-order valence-electron chi connectivity index (χ4n) is 2.36. The number of benzene rings is 1. The van der Waals surface area contributed by atoms with Crippen LogP contribution in [0.2, 0.25) is 0 Å². The third-order valence-electron chi connectivity index (χ3n) is 3.47. The van der Waals surface area contributed by atoms with Crippen molar-refractivity contribution >= 4 is 39.0 Å². The minimum atomic E-state index is -0.519. The second kappa shape index (κ2) is 7.37. The highest BCUT2D eigenvalue weighted by molar-refractivity contribution is 7.15. The molecule has 2 heterocycles. The second-order valence-electron chi connectivity index (χ2n) is 5.24. The molecule has 1 aromatic carbocycles. The Morgan fingerprint density at radius 3 is 2.88 bits per heavy atom. The summed E-state index contributed by atoms with van der Waals surface area (Å²) in [6, 6.07) is 6.84. The lowest BCUT2D eigenvalue weighted by Gasteiger charge is -2.09. The van der Waals surface area contributed by atoms with Crippen molar-refractivity contribution in [3.05, 3.63) is 55.8 Å². The number of nitrogens with one attached hydrogen (secondary N) is 1. The first-order chi connectivity index (χ1) is 12.5. The molecule has 0 aliphatic heterocycles. The van der Waals surface area contributed by atoms with Crippen molar-refractivity contribution in [2.75, 3.05) is 12.4 Å². The monoisotopic (exact) mass is 375 g/mol. The number of hydrogen-bond acceptors (Lipinski definition) is 8. The van der Waals surface area contributed by atoms with Crippen LogP contribution < -0.4 is 10.9 Å². The van der Waals surface area contributed by atoms with Crippen molar-refractivity contribution < 1.29 is 14.5 Å². The van der Waals surface area contributed by atoms with Gasteiger partial charge in [0.05, 0.1) is 10.4 Å². The number of nitrogens with zero attached hydrogens (tertiary/aromatic N) is 4. The SMILES string of the molecule is COCc1nnc(NC(=O)Cn2c(=O)ccc3cc([N+](=O)[O-])ccc32)s1. The van der Waals surface area contributed by atoms with Gasteiger partial charge in [0.15, 0.2) is 0 Å². The number of aromatic nitrogens is 3. The summed E-state index contributed by atoms with van der Waals surface area (Å²) in [5.74, 6) is -0.460. The Labute approximate surface area is 150 Å². The number of nitro benzene ring substituents is 1. The van der Waals surface area contributed by atoms with Gasteiger partial charge >= 0.3 is 0 Å². The number of amides is 1. The van der Waals surface area contributed by atoms with E-state index in [2.05, 4.69) is 15.5 Å². The van der Waals surface area contributed by atoms with Crippen LogP contribution >= 0.6 is 11.3 Å². The molecule has 0 saturated heterocycles. The molecule has 0 saturated carbocycles. The molecule has 10 nitrogen and oxygen atoms in total. The topological polar surface area (TPSA) is 129 Å². The van der Waals surface area contributed by atoms with Gasteiger partial charge in [0.25, 0.3) is 11.2 Å². The molecule has 3 rings (SSSR count). The Morgan fingerprint density at radius 1 is 1.35 bits per heavy atom. The number of fused-ring (bicyclic) bond motifs is 1. The van der Waals surface area contributed by atoms with E-state index >= 15 is 0 Å². The van der Waals surface area contributed by atoms with E-state index in [4.69, 9.17) is 4.74 Å². The van der Waals surface area contributed by atoms with E-state index in [0.717, 1.165) is 0 Å². The quantitative estimate of drug-likeness (QED) is 0.511. The molecule has 134 valence electrons. The molecule has 26 heavy (non-hydrogen) atoms. The summed E-state index contributed by atoms with van der Waals surface area (Å²) >= 11 is 1.17. The molecular formula is C15H13N5O5S. The summed E-state index contributed by atoms with van der Waals surface area (Å²) in [6.07, 6.45) is 0. The average molecular weight is 375 g/mol. The number of rotatable bonds is 6. The van der Waals surface area contributed by atoms with Crippen LogP contribution in [-0.4, -0.2) is 32.7 Å². The highest BCUT2D eigenvalue weighted by atomic mass is 32.1. The second-order valence-corrected chi connectivity index (χ2v) is 6.30. The van der Waals surface area contributed by atoms with Gasteiger partial charge in [-0.15, -0.1) is 10.2 Å². The number of non-ortho nitro benzene ring substituents is 1. The Balaban J connectivity index is 1.84. The maximum Gasteiger partial charge on any atom is 0.270 e. The molecule has 1 N–H and O–H groups in total. The molecule has 0 atom stereocenters. The maximum atomic E-state index is 12.2. The van der Waals surface area contributed by atoms with Gasteiger partial charge in [-0.25, -0.2) is 0 Å². The van der Waals surface area contributed by atoms with Crippen molar-refractivity contribution in [1.82, 2.24) is 14.8 Å². The van der Waals surface area contributed by atoms with Gasteiger partial charge in [0.1, 0.15) is 18.2 Å². The first-order valence-electron chi connectivity index (χ1n) is 7.37. The van der Waals surface area contributed by atoms with Crippen LogP contribution in [0.3, 0.4) is 0 Å². The summed E-state index contributed by atoms with van der Waals surface area (Å²) in [6.45, 7) is 0.0300. The molecule has 1 amide bonds. The van der Waals surface area contributed by atoms with E-state index in [1.54, 1.807) is 0 Å². The van der Waals surface area contributed by atoms with Crippen LogP contribution in [0.25, 0.3) is 10.9 Å². The van der Waals surface area contributed by atoms with E-state index in [9.17, 15) is 19.7 Å². The number of anilines is 1. The van der Waals surface area contributed by atoms with Gasteiger partial charge in [-0.05, 0) is 12.1 Å². The zero-order valence-electron chi connectivity index (χ0n) is 13.5. The molecule has 0 spiro atoms. The molecule has 0 aliphatic carbocycles. The van der Waals surface area contributed by atoms with Gasteiger partial charge in [0, 0.05) is 30.7 Å². The van der Waals surface area contributed by atoms with Gasteiger partial charge in [-0.1, -0.05) is 11.3 Å². The molecule has 2 aromatic heterocycles. The number of nitro groups is 1. The van der Waals surface area contributed by atoms with Gasteiger partial charge in [0.2, 0.25) is 11.0 Å². The molecule has 0 fully saturated rings. The molecule has 0 aliphatic rings. The molecule has 11 heteroatoms. The van der Waals surface area contributed by atoms with Crippen molar-refractivity contribution in [2.45, 2.75) is 13.2 Å². The Kier molecular flexibility index (Phi) is 5.00. The molecular weight excluding hydrogens is 362 g/mol. The first kappa shape index (κ1) is 17.6. The highest BCUT2D eigenvalue weighted by Crippen LogP contribution is 2.20. The number of carbonyl (C=O) groups is 1. The summed E-state index contributed by atoms with van der Waals surface area (Å²) in [4.78, 5) is 34.7. The predicted octanol–water partition coefficient (Wildman–Crippen LogP) is 1.55. The Morgan fingerprint density at radius 2 is 2.15 bits per heavy atom. The van der Waals surface area contributed by atoms with E-state index < -0.39 is 10.8 Å². The molecule has 0 radical (unpaired) electrons. The standard InChI is InChI=1S/C15H13N5O5S/c1-25-8-13-17-18-15(26-13)16-12(21)7-19-11-4-3-10(20(23)24)6-9(11)2-5-14(19)22/h2-6H,7-8H2,1H3,(H,16,18,21). The van der Waals surface area contributed by atoms with E-state index in [1.165, 1.54) is 53.3 Å². The van der Waals surface area contributed by atoms with Gasteiger partial charge < -0.3 is 4.74 Å². The largest absolute Gasteiger partial charge is 0.377 e. The smallest absolute Gasteiger partial charge is 0.270 e. The fourth-order valence-corrected chi connectivity index (χ4v) is 3.08. The number of methoxy groups -OCH3 is 1. The van der Waals surface area contributed by atoms with Crippen LogP contribution in [0.1, 0.15) is 5.01 Å². The predicted molar refractivity (Wildman–Crippen MR) is 94.1 cm³/mol. The maximum absolute atomic E-state index is 12.2. The summed E-state index contributed by atoms with van der Waals surface area (Å²) in [5.41, 5.74) is -0.0545. The molecule has 3 aromatic rings. The lowest BCUT2D eigenvalue weighted by atomic mass is 10.2. The molecule has 0 bridgehead atoms. The van der Waals surface area contributed by atoms with Crippen molar-refractivity contribution in [2.24, 2.45) is 0 Å². The van der Waals surface area contributed by atoms with Gasteiger partial charge in [-0.2, -0.15) is 0 Å². The lowest BCUT2D eigenvalue weighted by molar-refractivity contribution is -0.384. The number of pyridine rings is 1. The normalized spacial score (nSPS) is 10.8. The van der Waals surface area contributed by atoms with Gasteiger partial charge in [-0.3, -0.25) is 29.6 Å². The summed E-state index contributed by atoms with van der Waals surface area (Å²) in [5, 5.41) is 22.5.